The third-order valence-corrected chi connectivity index (χ3v) is 4.21. The first kappa shape index (κ1) is 16.7. The number of H-pyrrole nitrogens is 1. The Morgan fingerprint density at radius 1 is 1.15 bits per heavy atom. The van der Waals surface area contributed by atoms with Crippen LogP contribution in [-0.2, 0) is 7.05 Å². The largest absolute Gasteiger partial charge is 0.334 e. The molecule has 0 aliphatic carbocycles. The molecule has 0 bridgehead atoms. The second-order valence-corrected chi connectivity index (χ2v) is 6.19. The Bertz CT molecular complexity index is 1110. The fourth-order valence-electron chi connectivity index (χ4n) is 2.91. The smallest absolute Gasteiger partial charge is 0.256 e. The van der Waals surface area contributed by atoms with Crippen LogP contribution in [0.4, 0.5) is 5.69 Å². The predicted octanol–water partition coefficient (Wildman–Crippen LogP) is 3.43. The highest BCUT2D eigenvalue weighted by molar-refractivity contribution is 6.08. The number of amides is 1. The first-order valence-electron chi connectivity index (χ1n) is 8.49. The molecule has 4 aromatic rings. The first-order chi connectivity index (χ1) is 13.1. The highest BCUT2D eigenvalue weighted by Gasteiger charge is 2.15. The maximum atomic E-state index is 12.9. The van der Waals surface area contributed by atoms with E-state index in [4.69, 9.17) is 0 Å². The van der Waals surface area contributed by atoms with Crippen molar-refractivity contribution in [1.29, 1.82) is 0 Å². The van der Waals surface area contributed by atoms with Gasteiger partial charge in [0.25, 0.3) is 5.91 Å². The van der Waals surface area contributed by atoms with Crippen LogP contribution in [0.1, 0.15) is 16.2 Å². The van der Waals surface area contributed by atoms with Gasteiger partial charge in [0.2, 0.25) is 0 Å². The van der Waals surface area contributed by atoms with Gasteiger partial charge in [-0.2, -0.15) is 5.10 Å². The normalized spacial score (nSPS) is 10.7. The van der Waals surface area contributed by atoms with Crippen molar-refractivity contribution in [3.05, 3.63) is 72.3 Å². The van der Waals surface area contributed by atoms with Gasteiger partial charge in [-0.15, -0.1) is 0 Å². The fraction of sp³-hybridized carbons (Fsp3) is 0.100. The Labute approximate surface area is 156 Å². The third kappa shape index (κ3) is 3.35. The summed E-state index contributed by atoms with van der Waals surface area (Å²) < 4.78 is 1.89. The number of aryl methyl sites for hydroxylation is 2. The minimum atomic E-state index is -0.197. The maximum absolute atomic E-state index is 12.9. The summed E-state index contributed by atoms with van der Waals surface area (Å²) in [5, 5.41) is 9.94. The third-order valence-electron chi connectivity index (χ3n) is 4.21. The summed E-state index contributed by atoms with van der Waals surface area (Å²) in [4.78, 5) is 21.6. The van der Waals surface area contributed by atoms with Gasteiger partial charge in [0, 0.05) is 36.3 Å². The second kappa shape index (κ2) is 6.87. The molecule has 2 heterocycles. The number of hydrogen-bond donors (Lipinski definition) is 2. The Balaban J connectivity index is 1.63. The highest BCUT2D eigenvalue weighted by atomic mass is 16.1. The van der Waals surface area contributed by atoms with Crippen molar-refractivity contribution in [2.24, 2.45) is 7.05 Å². The molecular formula is C20H18N6O. The molecule has 134 valence electrons. The number of nitrogens with zero attached hydrogens (tertiary/aromatic N) is 4. The van der Waals surface area contributed by atoms with E-state index >= 15 is 0 Å². The summed E-state index contributed by atoms with van der Waals surface area (Å²) in [6.45, 7) is 1.84. The summed E-state index contributed by atoms with van der Waals surface area (Å²) in [6, 6.07) is 14.9. The van der Waals surface area contributed by atoms with E-state index in [2.05, 4.69) is 25.5 Å². The SMILES string of the molecule is Cc1nc(-c2cccc(NC(=O)c3ccccc3-c3nccn3C)c2)n[nH]1. The van der Waals surface area contributed by atoms with Crippen molar-refractivity contribution in [2.45, 2.75) is 6.92 Å². The monoisotopic (exact) mass is 358 g/mol. The van der Waals surface area contributed by atoms with Gasteiger partial charge in [-0.05, 0) is 25.1 Å². The lowest BCUT2D eigenvalue weighted by Gasteiger charge is -2.11. The Kier molecular flexibility index (Phi) is 4.25. The number of carbonyl (C=O) groups is 1. The molecule has 2 aromatic heterocycles. The molecule has 7 nitrogen and oxygen atoms in total. The van der Waals surface area contributed by atoms with E-state index in [0.717, 1.165) is 22.8 Å². The van der Waals surface area contributed by atoms with Gasteiger partial charge >= 0.3 is 0 Å². The van der Waals surface area contributed by atoms with Crippen molar-refractivity contribution >= 4 is 11.6 Å². The number of aromatic amines is 1. The summed E-state index contributed by atoms with van der Waals surface area (Å²) in [7, 11) is 1.90. The first-order valence-corrected chi connectivity index (χ1v) is 8.49. The van der Waals surface area contributed by atoms with E-state index in [1.807, 2.05) is 67.2 Å². The minimum absolute atomic E-state index is 0.197. The van der Waals surface area contributed by atoms with Crippen LogP contribution in [0.5, 0.6) is 0 Å². The van der Waals surface area contributed by atoms with Crippen molar-refractivity contribution < 1.29 is 4.79 Å². The van der Waals surface area contributed by atoms with Crippen molar-refractivity contribution in [2.75, 3.05) is 5.32 Å². The van der Waals surface area contributed by atoms with Gasteiger partial charge in [0.05, 0.1) is 5.56 Å². The molecule has 1 amide bonds. The number of aromatic nitrogens is 5. The highest BCUT2D eigenvalue weighted by Crippen LogP contribution is 2.24. The zero-order valence-corrected chi connectivity index (χ0v) is 15.0. The van der Waals surface area contributed by atoms with Crippen LogP contribution in [0.15, 0.2) is 60.9 Å². The standard InChI is InChI=1S/C20H18N6O/c1-13-22-18(25-24-13)14-6-5-7-15(12-14)23-20(27)17-9-4-3-8-16(17)19-21-10-11-26(19)2/h3-12H,1-2H3,(H,23,27)(H,22,24,25). The molecule has 0 radical (unpaired) electrons. The molecule has 0 aliphatic rings. The van der Waals surface area contributed by atoms with Gasteiger partial charge in [0.15, 0.2) is 5.82 Å². The average molecular weight is 358 g/mol. The van der Waals surface area contributed by atoms with Crippen LogP contribution >= 0.6 is 0 Å². The number of nitrogens with one attached hydrogen (secondary N) is 2. The van der Waals surface area contributed by atoms with E-state index in [9.17, 15) is 4.79 Å². The molecule has 7 heteroatoms. The van der Waals surface area contributed by atoms with E-state index in [1.165, 1.54) is 0 Å². The van der Waals surface area contributed by atoms with Crippen molar-refractivity contribution in [3.8, 4) is 22.8 Å². The van der Waals surface area contributed by atoms with Gasteiger partial charge in [0.1, 0.15) is 11.6 Å². The second-order valence-electron chi connectivity index (χ2n) is 6.19. The van der Waals surface area contributed by atoms with E-state index in [1.54, 1.807) is 12.3 Å². The number of carbonyl (C=O) groups excluding carboxylic acids is 1. The molecular weight excluding hydrogens is 340 g/mol. The number of imidazole rings is 1. The zero-order valence-electron chi connectivity index (χ0n) is 15.0. The fourth-order valence-corrected chi connectivity index (χ4v) is 2.91. The van der Waals surface area contributed by atoms with Crippen LogP contribution in [0.3, 0.4) is 0 Å². The molecule has 0 unspecified atom stereocenters. The lowest BCUT2D eigenvalue weighted by molar-refractivity contribution is 0.102. The molecule has 0 atom stereocenters. The van der Waals surface area contributed by atoms with Crippen LogP contribution < -0.4 is 5.32 Å². The molecule has 4 rings (SSSR count). The average Bonchev–Trinajstić information content (AvgIpc) is 3.30. The zero-order chi connectivity index (χ0) is 18.8. The maximum Gasteiger partial charge on any atom is 0.256 e. The summed E-state index contributed by atoms with van der Waals surface area (Å²) in [5.74, 6) is 1.88. The molecule has 0 saturated heterocycles. The molecule has 27 heavy (non-hydrogen) atoms. The lowest BCUT2D eigenvalue weighted by atomic mass is 10.1. The molecule has 0 saturated carbocycles. The molecule has 0 aliphatic heterocycles. The number of anilines is 1. The van der Waals surface area contributed by atoms with E-state index < -0.39 is 0 Å². The Hall–Kier alpha value is -3.74. The van der Waals surface area contributed by atoms with Crippen LogP contribution in [0, 0.1) is 6.92 Å². The van der Waals surface area contributed by atoms with Crippen LogP contribution in [-0.4, -0.2) is 30.6 Å². The quantitative estimate of drug-likeness (QED) is 0.585. The van der Waals surface area contributed by atoms with Crippen LogP contribution in [0.25, 0.3) is 22.8 Å². The summed E-state index contributed by atoms with van der Waals surface area (Å²) in [6.07, 6.45) is 3.57. The minimum Gasteiger partial charge on any atom is -0.334 e. The molecule has 2 aromatic carbocycles. The summed E-state index contributed by atoms with van der Waals surface area (Å²) >= 11 is 0. The molecule has 0 fully saturated rings. The topological polar surface area (TPSA) is 88.5 Å². The number of rotatable bonds is 4. The molecule has 0 spiro atoms. The Morgan fingerprint density at radius 3 is 2.74 bits per heavy atom. The molecule has 2 N–H and O–H groups in total. The van der Waals surface area contributed by atoms with Gasteiger partial charge < -0.3 is 9.88 Å². The van der Waals surface area contributed by atoms with E-state index in [-0.39, 0.29) is 5.91 Å². The lowest BCUT2D eigenvalue weighted by Crippen LogP contribution is -2.13. The van der Waals surface area contributed by atoms with Crippen LogP contribution in [0.2, 0.25) is 0 Å². The Morgan fingerprint density at radius 2 is 2.00 bits per heavy atom. The number of hydrogen-bond acceptors (Lipinski definition) is 4. The van der Waals surface area contributed by atoms with Gasteiger partial charge in [-0.3, -0.25) is 9.89 Å². The van der Waals surface area contributed by atoms with Crippen molar-refractivity contribution in [1.82, 2.24) is 24.7 Å². The van der Waals surface area contributed by atoms with Gasteiger partial charge in [-0.25, -0.2) is 9.97 Å². The number of benzene rings is 2. The van der Waals surface area contributed by atoms with Gasteiger partial charge in [-0.1, -0.05) is 30.3 Å². The predicted molar refractivity (Wildman–Crippen MR) is 103 cm³/mol. The van der Waals surface area contributed by atoms with E-state index in [0.29, 0.717) is 17.1 Å². The summed E-state index contributed by atoms with van der Waals surface area (Å²) in [5.41, 5.74) is 2.85. The van der Waals surface area contributed by atoms with Crippen molar-refractivity contribution in [3.63, 3.8) is 0 Å².